The quantitative estimate of drug-likeness (QED) is 0.718. The maximum absolute atomic E-state index is 10.9. The summed E-state index contributed by atoms with van der Waals surface area (Å²) in [5.41, 5.74) is 0.0281. The van der Waals surface area contributed by atoms with E-state index in [1.54, 1.807) is 0 Å². The van der Waals surface area contributed by atoms with Gasteiger partial charge in [-0.05, 0) is 24.3 Å². The fourth-order valence-corrected chi connectivity index (χ4v) is 1.86. The van der Waals surface area contributed by atoms with Crippen molar-refractivity contribution in [3.63, 3.8) is 0 Å². The van der Waals surface area contributed by atoms with Crippen LogP contribution in [0.25, 0.3) is 0 Å². The maximum atomic E-state index is 10.9. The van der Waals surface area contributed by atoms with E-state index in [0.717, 1.165) is 12.8 Å². The first-order valence-electron chi connectivity index (χ1n) is 6.09. The zero-order valence-electron chi connectivity index (χ0n) is 11.1. The van der Waals surface area contributed by atoms with E-state index in [4.69, 9.17) is 21.8 Å². The molecule has 3 N–H and O–H groups in total. The molecule has 0 atom stereocenters. The first-order chi connectivity index (χ1) is 8.85. The minimum absolute atomic E-state index is 0.00651. The lowest BCUT2D eigenvalue weighted by molar-refractivity contribution is 0.0697. The molecule has 6 heteroatoms. The van der Waals surface area contributed by atoms with E-state index in [2.05, 4.69) is 24.1 Å². The van der Waals surface area contributed by atoms with Crippen LogP contribution in [0, 0.1) is 5.41 Å². The van der Waals surface area contributed by atoms with Crippen LogP contribution in [0.1, 0.15) is 37.0 Å². The van der Waals surface area contributed by atoms with Crippen LogP contribution < -0.4 is 5.32 Å². The Morgan fingerprint density at radius 3 is 2.79 bits per heavy atom. The van der Waals surface area contributed by atoms with Crippen LogP contribution in [-0.2, 0) is 0 Å². The number of nitrogens with zero attached hydrogens (tertiary/aromatic N) is 1. The van der Waals surface area contributed by atoms with Gasteiger partial charge in [-0.3, -0.25) is 0 Å². The van der Waals surface area contributed by atoms with Crippen molar-refractivity contribution in [3.8, 4) is 0 Å². The molecule has 0 aromatic carbocycles. The van der Waals surface area contributed by atoms with E-state index in [0.29, 0.717) is 12.4 Å². The van der Waals surface area contributed by atoms with E-state index in [1.807, 2.05) is 0 Å². The second kappa shape index (κ2) is 6.73. The third-order valence-corrected chi connectivity index (χ3v) is 3.15. The lowest BCUT2D eigenvalue weighted by Crippen LogP contribution is -2.24. The summed E-state index contributed by atoms with van der Waals surface area (Å²) in [7, 11) is 0. The first-order valence-corrected chi connectivity index (χ1v) is 6.47. The van der Waals surface area contributed by atoms with Crippen LogP contribution in [0.15, 0.2) is 12.3 Å². The van der Waals surface area contributed by atoms with Gasteiger partial charge in [0, 0.05) is 19.3 Å². The number of aliphatic hydroxyl groups excluding tert-OH is 1. The molecule has 0 saturated carbocycles. The molecule has 0 unspecified atom stereocenters. The van der Waals surface area contributed by atoms with Crippen LogP contribution >= 0.6 is 11.6 Å². The molecule has 1 heterocycles. The van der Waals surface area contributed by atoms with Gasteiger partial charge >= 0.3 is 5.97 Å². The Hall–Kier alpha value is -1.33. The second-order valence-electron chi connectivity index (χ2n) is 5.20. The van der Waals surface area contributed by atoms with Gasteiger partial charge in [0.25, 0.3) is 0 Å². The van der Waals surface area contributed by atoms with E-state index in [1.165, 1.54) is 12.3 Å². The Morgan fingerprint density at radius 2 is 2.21 bits per heavy atom. The van der Waals surface area contributed by atoms with E-state index < -0.39 is 5.97 Å². The second-order valence-corrected chi connectivity index (χ2v) is 5.61. The van der Waals surface area contributed by atoms with Crippen molar-refractivity contribution in [3.05, 3.63) is 22.8 Å². The van der Waals surface area contributed by atoms with Gasteiger partial charge in [-0.1, -0.05) is 25.4 Å². The van der Waals surface area contributed by atoms with Crippen molar-refractivity contribution in [2.24, 2.45) is 5.41 Å². The van der Waals surface area contributed by atoms with Crippen LogP contribution in [0.3, 0.4) is 0 Å². The van der Waals surface area contributed by atoms with Gasteiger partial charge in [-0.15, -0.1) is 0 Å². The van der Waals surface area contributed by atoms with Gasteiger partial charge in [0.1, 0.15) is 5.82 Å². The van der Waals surface area contributed by atoms with Gasteiger partial charge in [0.05, 0.1) is 10.6 Å². The molecule has 1 aromatic heterocycles. The molecular formula is C13H19ClN2O3. The van der Waals surface area contributed by atoms with Crippen molar-refractivity contribution >= 4 is 23.4 Å². The van der Waals surface area contributed by atoms with Gasteiger partial charge in [0.15, 0.2) is 0 Å². The number of aliphatic hydroxyl groups is 1. The van der Waals surface area contributed by atoms with Crippen molar-refractivity contribution in [1.82, 2.24) is 4.98 Å². The van der Waals surface area contributed by atoms with Gasteiger partial charge in [-0.25, -0.2) is 9.78 Å². The summed E-state index contributed by atoms with van der Waals surface area (Å²) in [5, 5.41) is 21.0. The number of halogens is 1. The lowest BCUT2D eigenvalue weighted by Gasteiger charge is -2.25. The molecule has 1 rings (SSSR count). The molecule has 1 aromatic rings. The normalized spacial score (nSPS) is 11.4. The summed E-state index contributed by atoms with van der Waals surface area (Å²) in [6.07, 6.45) is 2.94. The fraction of sp³-hybridized carbons (Fsp3) is 0.538. The van der Waals surface area contributed by atoms with Gasteiger partial charge in [-0.2, -0.15) is 0 Å². The van der Waals surface area contributed by atoms with Crippen LogP contribution in [0.2, 0.25) is 5.02 Å². The molecule has 0 saturated heterocycles. The van der Waals surface area contributed by atoms with Crippen LogP contribution in [0.4, 0.5) is 5.82 Å². The molecule has 0 fully saturated rings. The maximum Gasteiger partial charge on any atom is 0.337 e. The summed E-state index contributed by atoms with van der Waals surface area (Å²) in [6.45, 7) is 4.96. The average Bonchev–Trinajstić information content (AvgIpc) is 2.35. The number of hydrogen-bond donors (Lipinski definition) is 3. The first kappa shape index (κ1) is 15.7. The average molecular weight is 287 g/mol. The summed E-state index contributed by atoms with van der Waals surface area (Å²) >= 11 is 5.75. The largest absolute Gasteiger partial charge is 0.478 e. The van der Waals surface area contributed by atoms with Crippen molar-refractivity contribution in [2.45, 2.75) is 26.7 Å². The number of carbonyl (C=O) groups is 1. The molecule has 0 bridgehead atoms. The molecule has 0 aliphatic carbocycles. The van der Waals surface area contributed by atoms with E-state index in [-0.39, 0.29) is 22.6 Å². The van der Waals surface area contributed by atoms with Crippen molar-refractivity contribution in [1.29, 1.82) is 0 Å². The summed E-state index contributed by atoms with van der Waals surface area (Å²) in [5.74, 6) is -0.589. The molecule has 5 nitrogen and oxygen atoms in total. The summed E-state index contributed by atoms with van der Waals surface area (Å²) in [6, 6.07) is 1.42. The number of anilines is 1. The highest BCUT2D eigenvalue weighted by atomic mass is 35.5. The molecular weight excluding hydrogens is 268 g/mol. The zero-order chi connectivity index (χ0) is 14.5. The molecule has 0 spiro atoms. The van der Waals surface area contributed by atoms with Crippen LogP contribution in [0.5, 0.6) is 0 Å². The highest BCUT2D eigenvalue weighted by Crippen LogP contribution is 2.23. The summed E-state index contributed by atoms with van der Waals surface area (Å²) in [4.78, 5) is 15.0. The monoisotopic (exact) mass is 286 g/mol. The SMILES string of the molecule is CC(C)(CCCO)CNc1cc(C(=O)O)c(Cl)cn1. The van der Waals surface area contributed by atoms with Gasteiger partial charge < -0.3 is 15.5 Å². The standard InChI is InChI=1S/C13H19ClN2O3/c1-13(2,4-3-5-17)8-16-11-6-9(12(18)19)10(14)7-15-11/h6-7,17H,3-5,8H2,1-2H3,(H,15,16)(H,18,19). The predicted octanol–water partition coefficient (Wildman–Crippen LogP) is 2.64. The van der Waals surface area contributed by atoms with Crippen molar-refractivity contribution in [2.75, 3.05) is 18.5 Å². The predicted molar refractivity (Wildman–Crippen MR) is 74.8 cm³/mol. The molecule has 106 valence electrons. The minimum atomic E-state index is -1.07. The van der Waals surface area contributed by atoms with Crippen molar-refractivity contribution < 1.29 is 15.0 Å². The molecule has 0 aliphatic heterocycles. The number of carboxylic acids is 1. The van der Waals surface area contributed by atoms with E-state index >= 15 is 0 Å². The number of aromatic carboxylic acids is 1. The Kier molecular flexibility index (Phi) is 5.57. The molecule has 0 amide bonds. The third-order valence-electron chi connectivity index (χ3n) is 2.85. The molecule has 0 aliphatic rings. The number of nitrogens with one attached hydrogen (secondary N) is 1. The number of rotatable bonds is 7. The van der Waals surface area contributed by atoms with Crippen LogP contribution in [-0.4, -0.2) is 34.3 Å². The Labute approximate surface area is 117 Å². The highest BCUT2D eigenvalue weighted by molar-refractivity contribution is 6.33. The minimum Gasteiger partial charge on any atom is -0.478 e. The Bertz CT molecular complexity index is 450. The Balaban J connectivity index is 2.68. The topological polar surface area (TPSA) is 82.5 Å². The molecule has 19 heavy (non-hydrogen) atoms. The highest BCUT2D eigenvalue weighted by Gasteiger charge is 2.18. The summed E-state index contributed by atoms with van der Waals surface area (Å²) < 4.78 is 0. The number of aromatic nitrogens is 1. The van der Waals surface area contributed by atoms with E-state index in [9.17, 15) is 4.79 Å². The lowest BCUT2D eigenvalue weighted by atomic mass is 9.88. The fourth-order valence-electron chi connectivity index (χ4n) is 1.68. The zero-order valence-corrected chi connectivity index (χ0v) is 11.9. The molecule has 0 radical (unpaired) electrons. The number of carboxylic acid groups (broad SMARTS) is 1. The number of pyridine rings is 1. The Morgan fingerprint density at radius 1 is 1.53 bits per heavy atom. The third kappa shape index (κ3) is 5.04. The van der Waals surface area contributed by atoms with Gasteiger partial charge in [0.2, 0.25) is 0 Å². The smallest absolute Gasteiger partial charge is 0.337 e. The number of hydrogen-bond acceptors (Lipinski definition) is 4.